The van der Waals surface area contributed by atoms with Gasteiger partial charge in [-0.05, 0) is 29.8 Å². The number of ether oxygens (including phenoxy) is 1. The lowest BCUT2D eigenvalue weighted by Crippen LogP contribution is -2.38. The fourth-order valence-electron chi connectivity index (χ4n) is 3.77. The van der Waals surface area contributed by atoms with Crippen molar-refractivity contribution in [3.05, 3.63) is 72.3 Å². The van der Waals surface area contributed by atoms with Crippen LogP contribution in [0.4, 0.5) is 10.8 Å². The van der Waals surface area contributed by atoms with E-state index in [0.29, 0.717) is 23.1 Å². The number of nitrogens with zero attached hydrogens (tertiary/aromatic N) is 2. The van der Waals surface area contributed by atoms with Crippen molar-refractivity contribution < 1.29 is 14.3 Å². The number of carbonyl (C=O) groups is 2. The van der Waals surface area contributed by atoms with Gasteiger partial charge in [0, 0.05) is 34.6 Å². The molecule has 3 heterocycles. The topological polar surface area (TPSA) is 87.3 Å². The SMILES string of the molecule is C=CCN1C(=O)COc2ccc(-c3csc(NC(=O)Cc4c[nH]c5ccccc45)n3)cc21. The molecule has 0 atom stereocenters. The van der Waals surface area contributed by atoms with E-state index in [9.17, 15) is 9.59 Å². The number of aromatic nitrogens is 2. The van der Waals surface area contributed by atoms with Crippen LogP contribution in [0.25, 0.3) is 22.2 Å². The number of hydrogen-bond donors (Lipinski definition) is 2. The molecule has 2 N–H and O–H groups in total. The number of thiazole rings is 1. The number of rotatable bonds is 6. The third-order valence-corrected chi connectivity index (χ3v) is 6.04. The molecule has 0 aliphatic carbocycles. The monoisotopic (exact) mass is 444 g/mol. The van der Waals surface area contributed by atoms with Crippen LogP contribution in [-0.4, -0.2) is 34.9 Å². The second-order valence-electron chi connectivity index (χ2n) is 7.39. The maximum atomic E-state index is 12.6. The number of hydrogen-bond acceptors (Lipinski definition) is 5. The lowest BCUT2D eigenvalue weighted by Gasteiger charge is -2.28. The minimum Gasteiger partial charge on any atom is -0.482 e. The lowest BCUT2D eigenvalue weighted by atomic mass is 10.1. The summed E-state index contributed by atoms with van der Waals surface area (Å²) >= 11 is 1.36. The Labute approximate surface area is 188 Å². The van der Waals surface area contributed by atoms with Gasteiger partial charge >= 0.3 is 0 Å². The number of benzene rings is 2. The Balaban J connectivity index is 1.33. The van der Waals surface area contributed by atoms with Gasteiger partial charge in [0.15, 0.2) is 11.7 Å². The third-order valence-electron chi connectivity index (χ3n) is 5.29. The molecule has 0 radical (unpaired) electrons. The third kappa shape index (κ3) is 3.76. The summed E-state index contributed by atoms with van der Waals surface area (Å²) in [4.78, 5) is 34.2. The molecule has 2 aromatic heterocycles. The van der Waals surface area contributed by atoms with E-state index in [-0.39, 0.29) is 24.8 Å². The van der Waals surface area contributed by atoms with Gasteiger partial charge in [-0.3, -0.25) is 9.59 Å². The zero-order valence-corrected chi connectivity index (χ0v) is 17.9. The Bertz CT molecular complexity index is 1340. The van der Waals surface area contributed by atoms with Gasteiger partial charge < -0.3 is 19.9 Å². The van der Waals surface area contributed by atoms with Crippen molar-refractivity contribution in [1.82, 2.24) is 9.97 Å². The molecule has 0 bridgehead atoms. The molecule has 0 spiro atoms. The summed E-state index contributed by atoms with van der Waals surface area (Å²) in [6, 6.07) is 13.5. The van der Waals surface area contributed by atoms with E-state index in [1.165, 1.54) is 11.3 Å². The fourth-order valence-corrected chi connectivity index (χ4v) is 4.50. The predicted molar refractivity (Wildman–Crippen MR) is 126 cm³/mol. The van der Waals surface area contributed by atoms with Gasteiger partial charge in [-0.1, -0.05) is 24.3 Å². The highest BCUT2D eigenvalue weighted by molar-refractivity contribution is 7.14. The summed E-state index contributed by atoms with van der Waals surface area (Å²) in [5, 5.41) is 6.33. The molecule has 1 aliphatic heterocycles. The summed E-state index contributed by atoms with van der Waals surface area (Å²) in [6.45, 7) is 4.15. The van der Waals surface area contributed by atoms with Crippen LogP contribution in [-0.2, 0) is 16.0 Å². The molecule has 4 aromatic rings. The molecule has 32 heavy (non-hydrogen) atoms. The Morgan fingerprint density at radius 2 is 2.19 bits per heavy atom. The maximum absolute atomic E-state index is 12.6. The Morgan fingerprint density at radius 1 is 1.31 bits per heavy atom. The van der Waals surface area contributed by atoms with Crippen LogP contribution in [0.3, 0.4) is 0 Å². The smallest absolute Gasteiger partial charge is 0.265 e. The summed E-state index contributed by atoms with van der Waals surface area (Å²) in [5.74, 6) is 0.410. The van der Waals surface area contributed by atoms with Crippen molar-refractivity contribution in [2.24, 2.45) is 0 Å². The van der Waals surface area contributed by atoms with E-state index in [4.69, 9.17) is 4.74 Å². The van der Waals surface area contributed by atoms with E-state index < -0.39 is 0 Å². The van der Waals surface area contributed by atoms with Gasteiger partial charge in [-0.25, -0.2) is 4.98 Å². The van der Waals surface area contributed by atoms with Crippen LogP contribution in [0, 0.1) is 0 Å². The first-order chi connectivity index (χ1) is 15.6. The minimum atomic E-state index is -0.128. The highest BCUT2D eigenvalue weighted by atomic mass is 32.1. The second kappa shape index (κ2) is 8.32. The largest absolute Gasteiger partial charge is 0.482 e. The van der Waals surface area contributed by atoms with Crippen LogP contribution in [0.1, 0.15) is 5.56 Å². The first-order valence-corrected chi connectivity index (χ1v) is 11.0. The molecule has 0 saturated heterocycles. The van der Waals surface area contributed by atoms with E-state index >= 15 is 0 Å². The number of para-hydroxylation sites is 1. The first kappa shape index (κ1) is 20.0. The molecule has 160 valence electrons. The highest BCUT2D eigenvalue weighted by Crippen LogP contribution is 2.36. The van der Waals surface area contributed by atoms with E-state index in [1.807, 2.05) is 54.0 Å². The van der Waals surface area contributed by atoms with Crippen LogP contribution in [0.15, 0.2) is 66.7 Å². The number of carbonyl (C=O) groups excluding carboxylic acids is 2. The molecule has 7 nitrogen and oxygen atoms in total. The molecule has 8 heteroatoms. The average molecular weight is 445 g/mol. The molecular formula is C24H20N4O3S. The van der Waals surface area contributed by atoms with Gasteiger partial charge in [0.2, 0.25) is 5.91 Å². The number of anilines is 2. The molecule has 0 fully saturated rings. The number of H-pyrrole nitrogens is 1. The molecule has 2 aromatic carbocycles. The summed E-state index contributed by atoms with van der Waals surface area (Å²) in [7, 11) is 0. The average Bonchev–Trinajstić information content (AvgIpc) is 3.43. The minimum absolute atomic E-state index is 0.0174. The van der Waals surface area contributed by atoms with Crippen LogP contribution < -0.4 is 15.0 Å². The number of amides is 2. The molecular weight excluding hydrogens is 424 g/mol. The van der Waals surface area contributed by atoms with Crippen molar-refractivity contribution in [1.29, 1.82) is 0 Å². The van der Waals surface area contributed by atoms with Crippen LogP contribution in [0.5, 0.6) is 5.75 Å². The zero-order chi connectivity index (χ0) is 22.1. The van der Waals surface area contributed by atoms with Crippen molar-refractivity contribution in [3.8, 4) is 17.0 Å². The summed E-state index contributed by atoms with van der Waals surface area (Å²) in [6.07, 6.45) is 3.81. The van der Waals surface area contributed by atoms with Crippen molar-refractivity contribution in [2.45, 2.75) is 6.42 Å². The summed E-state index contributed by atoms with van der Waals surface area (Å²) in [5.41, 5.74) is 4.20. The highest BCUT2D eigenvalue weighted by Gasteiger charge is 2.25. The lowest BCUT2D eigenvalue weighted by molar-refractivity contribution is -0.121. The molecule has 5 rings (SSSR count). The van der Waals surface area contributed by atoms with Crippen molar-refractivity contribution >= 4 is 44.9 Å². The Morgan fingerprint density at radius 3 is 3.06 bits per heavy atom. The van der Waals surface area contributed by atoms with Gasteiger partial charge in [-0.15, -0.1) is 17.9 Å². The maximum Gasteiger partial charge on any atom is 0.265 e. The van der Waals surface area contributed by atoms with E-state index in [1.54, 1.807) is 11.0 Å². The standard InChI is InChI=1S/C24H20N4O3S/c1-2-9-28-20-10-15(7-8-21(20)31-13-23(28)30)19-14-32-24(26-19)27-22(29)11-16-12-25-18-6-4-3-5-17(16)18/h2-8,10,12,14,25H,1,9,11,13H2,(H,26,27,29). The van der Waals surface area contributed by atoms with E-state index in [2.05, 4.69) is 21.9 Å². The molecule has 0 unspecified atom stereocenters. The zero-order valence-electron chi connectivity index (χ0n) is 17.1. The Hall–Kier alpha value is -3.91. The van der Waals surface area contributed by atoms with Crippen molar-refractivity contribution in [2.75, 3.05) is 23.4 Å². The number of fused-ring (bicyclic) bond motifs is 2. The Kier molecular flexibility index (Phi) is 5.20. The van der Waals surface area contributed by atoms with Gasteiger partial charge in [-0.2, -0.15) is 0 Å². The van der Waals surface area contributed by atoms with Gasteiger partial charge in [0.05, 0.1) is 17.8 Å². The number of aromatic amines is 1. The second-order valence-corrected chi connectivity index (χ2v) is 8.24. The molecule has 0 saturated carbocycles. The van der Waals surface area contributed by atoms with Crippen LogP contribution in [0.2, 0.25) is 0 Å². The molecule has 2 amide bonds. The quantitative estimate of drug-likeness (QED) is 0.432. The summed E-state index contributed by atoms with van der Waals surface area (Å²) < 4.78 is 5.54. The van der Waals surface area contributed by atoms with Crippen molar-refractivity contribution in [3.63, 3.8) is 0 Å². The van der Waals surface area contributed by atoms with E-state index in [0.717, 1.165) is 27.7 Å². The van der Waals surface area contributed by atoms with Gasteiger partial charge in [0.25, 0.3) is 5.91 Å². The normalized spacial score (nSPS) is 13.0. The molecule has 1 aliphatic rings. The predicted octanol–water partition coefficient (Wildman–Crippen LogP) is 4.38. The van der Waals surface area contributed by atoms with Crippen LogP contribution >= 0.6 is 11.3 Å². The van der Waals surface area contributed by atoms with Gasteiger partial charge in [0.1, 0.15) is 5.75 Å². The fraction of sp³-hybridized carbons (Fsp3) is 0.125. The number of nitrogens with one attached hydrogen (secondary N) is 2. The first-order valence-electron chi connectivity index (χ1n) is 10.1.